The standard InChI is InChI=1S/C20H29N3O5/c1-20(2,22(3)19(25)26)18(24)21-14-7-6-10-23(11-14)12-15-13-27-16-8-4-5-9-17(16)28-15/h4-5,8-9,14-15H,6-7,10-13H2,1-3H3,(H,21,24)(H,25,26). The van der Waals surface area contributed by atoms with E-state index in [2.05, 4.69) is 10.2 Å². The van der Waals surface area contributed by atoms with Gasteiger partial charge in [-0.2, -0.15) is 0 Å². The SMILES string of the molecule is CN(C(=O)O)C(C)(C)C(=O)NC1CCCN(CC2COc3ccccc3O2)C1. The number of ether oxygens (including phenoxy) is 2. The van der Waals surface area contributed by atoms with E-state index in [1.54, 1.807) is 13.8 Å². The highest BCUT2D eigenvalue weighted by Crippen LogP contribution is 2.31. The van der Waals surface area contributed by atoms with Gasteiger partial charge in [0.05, 0.1) is 0 Å². The van der Waals surface area contributed by atoms with Crippen LogP contribution in [0.2, 0.25) is 0 Å². The van der Waals surface area contributed by atoms with Crippen molar-refractivity contribution in [3.8, 4) is 11.5 Å². The molecule has 2 heterocycles. The van der Waals surface area contributed by atoms with Crippen LogP contribution >= 0.6 is 0 Å². The van der Waals surface area contributed by atoms with Crippen LogP contribution in [0.25, 0.3) is 0 Å². The molecule has 0 saturated carbocycles. The monoisotopic (exact) mass is 391 g/mol. The Hall–Kier alpha value is -2.48. The Morgan fingerprint density at radius 2 is 2.04 bits per heavy atom. The number of likely N-dealkylation sites (N-methyl/N-ethyl adjacent to an activating group) is 1. The predicted molar refractivity (Wildman–Crippen MR) is 104 cm³/mol. The van der Waals surface area contributed by atoms with Gasteiger partial charge in [-0.3, -0.25) is 14.6 Å². The van der Waals surface area contributed by atoms with Crippen molar-refractivity contribution in [2.45, 2.75) is 44.4 Å². The first-order valence-corrected chi connectivity index (χ1v) is 9.66. The summed E-state index contributed by atoms with van der Waals surface area (Å²) in [7, 11) is 1.41. The lowest BCUT2D eigenvalue weighted by atomic mass is 9.99. The Morgan fingerprint density at radius 1 is 1.32 bits per heavy atom. The first kappa shape index (κ1) is 20.3. The van der Waals surface area contributed by atoms with E-state index in [9.17, 15) is 14.7 Å². The largest absolute Gasteiger partial charge is 0.486 e. The molecule has 0 spiro atoms. The fourth-order valence-electron chi connectivity index (χ4n) is 3.53. The zero-order valence-corrected chi connectivity index (χ0v) is 16.7. The molecule has 1 fully saturated rings. The number of carboxylic acid groups (broad SMARTS) is 1. The molecule has 2 atom stereocenters. The molecular formula is C20H29N3O5. The van der Waals surface area contributed by atoms with E-state index < -0.39 is 11.6 Å². The minimum atomic E-state index is -1.13. The van der Waals surface area contributed by atoms with Gasteiger partial charge in [-0.05, 0) is 45.4 Å². The molecule has 2 unspecified atom stereocenters. The normalized spacial score (nSPS) is 22.4. The van der Waals surface area contributed by atoms with Crippen molar-refractivity contribution in [2.24, 2.45) is 0 Å². The van der Waals surface area contributed by atoms with Gasteiger partial charge in [0.25, 0.3) is 0 Å². The Morgan fingerprint density at radius 3 is 2.75 bits per heavy atom. The molecule has 8 heteroatoms. The second-order valence-corrected chi connectivity index (χ2v) is 7.97. The lowest BCUT2D eigenvalue weighted by Gasteiger charge is -2.38. The van der Waals surface area contributed by atoms with Gasteiger partial charge in [-0.25, -0.2) is 4.79 Å². The van der Waals surface area contributed by atoms with Crippen molar-refractivity contribution in [1.82, 2.24) is 15.1 Å². The minimum absolute atomic E-state index is 0.0143. The number of likely N-dealkylation sites (tertiary alicyclic amines) is 1. The first-order chi connectivity index (χ1) is 13.3. The number of rotatable bonds is 5. The molecule has 1 aromatic rings. The van der Waals surface area contributed by atoms with Crippen LogP contribution in [0.5, 0.6) is 11.5 Å². The highest BCUT2D eigenvalue weighted by Gasteiger charge is 2.37. The van der Waals surface area contributed by atoms with E-state index in [0.717, 1.165) is 42.3 Å². The van der Waals surface area contributed by atoms with E-state index >= 15 is 0 Å². The Kier molecular flexibility index (Phi) is 5.98. The Bertz CT molecular complexity index is 724. The molecule has 8 nitrogen and oxygen atoms in total. The number of para-hydroxylation sites is 2. The number of carbonyl (C=O) groups is 2. The van der Waals surface area contributed by atoms with Crippen LogP contribution in [0, 0.1) is 0 Å². The summed E-state index contributed by atoms with van der Waals surface area (Å²) in [4.78, 5) is 27.2. The topological polar surface area (TPSA) is 91.3 Å². The van der Waals surface area contributed by atoms with Gasteiger partial charge in [0.15, 0.2) is 11.5 Å². The minimum Gasteiger partial charge on any atom is -0.486 e. The number of piperidine rings is 1. The summed E-state index contributed by atoms with van der Waals surface area (Å²) in [5.74, 6) is 1.25. The van der Waals surface area contributed by atoms with Crippen molar-refractivity contribution in [1.29, 1.82) is 0 Å². The molecule has 0 aromatic heterocycles. The van der Waals surface area contributed by atoms with Crippen LogP contribution in [0.1, 0.15) is 26.7 Å². The number of nitrogens with zero attached hydrogens (tertiary/aromatic N) is 2. The quantitative estimate of drug-likeness (QED) is 0.795. The van der Waals surface area contributed by atoms with Crippen LogP contribution in [0.15, 0.2) is 24.3 Å². The molecule has 0 aliphatic carbocycles. The molecule has 2 aliphatic rings. The number of hydrogen-bond acceptors (Lipinski definition) is 5. The van der Waals surface area contributed by atoms with E-state index in [1.165, 1.54) is 7.05 Å². The van der Waals surface area contributed by atoms with Crippen molar-refractivity contribution in [3.05, 3.63) is 24.3 Å². The van der Waals surface area contributed by atoms with Gasteiger partial charge in [0, 0.05) is 26.2 Å². The molecule has 1 saturated heterocycles. The fraction of sp³-hybridized carbons (Fsp3) is 0.600. The lowest BCUT2D eigenvalue weighted by Crippen LogP contribution is -2.59. The van der Waals surface area contributed by atoms with Crippen LogP contribution in [0.3, 0.4) is 0 Å². The molecule has 2 aliphatic heterocycles. The molecule has 154 valence electrons. The molecule has 2 amide bonds. The molecule has 0 radical (unpaired) electrons. The summed E-state index contributed by atoms with van der Waals surface area (Å²) in [5, 5.41) is 12.2. The van der Waals surface area contributed by atoms with E-state index in [0.29, 0.717) is 13.2 Å². The summed E-state index contributed by atoms with van der Waals surface area (Å²) in [5.41, 5.74) is -1.13. The highest BCUT2D eigenvalue weighted by atomic mass is 16.6. The smallest absolute Gasteiger partial charge is 0.407 e. The van der Waals surface area contributed by atoms with Gasteiger partial charge in [-0.1, -0.05) is 12.1 Å². The van der Waals surface area contributed by atoms with Gasteiger partial charge in [-0.15, -0.1) is 0 Å². The number of nitrogens with one attached hydrogen (secondary N) is 1. The van der Waals surface area contributed by atoms with E-state index in [-0.39, 0.29) is 18.1 Å². The van der Waals surface area contributed by atoms with Gasteiger partial charge in [0.1, 0.15) is 18.2 Å². The Balaban J connectivity index is 1.53. The zero-order valence-electron chi connectivity index (χ0n) is 16.7. The maximum Gasteiger partial charge on any atom is 0.407 e. The van der Waals surface area contributed by atoms with E-state index in [1.807, 2.05) is 24.3 Å². The Labute approximate surface area is 165 Å². The molecule has 0 bridgehead atoms. The average Bonchev–Trinajstić information content (AvgIpc) is 2.67. The van der Waals surface area contributed by atoms with E-state index in [4.69, 9.17) is 9.47 Å². The zero-order chi connectivity index (χ0) is 20.3. The third-order valence-corrected chi connectivity index (χ3v) is 5.55. The maximum absolute atomic E-state index is 12.6. The molecule has 3 rings (SSSR count). The summed E-state index contributed by atoms with van der Waals surface area (Å²) in [6.07, 6.45) is 0.656. The molecular weight excluding hydrogens is 362 g/mol. The van der Waals surface area contributed by atoms with Crippen LogP contribution < -0.4 is 14.8 Å². The summed E-state index contributed by atoms with van der Waals surface area (Å²) in [6, 6.07) is 7.63. The highest BCUT2D eigenvalue weighted by molar-refractivity contribution is 5.88. The van der Waals surface area contributed by atoms with Crippen molar-refractivity contribution in [3.63, 3.8) is 0 Å². The molecule has 2 N–H and O–H groups in total. The first-order valence-electron chi connectivity index (χ1n) is 9.66. The second-order valence-electron chi connectivity index (χ2n) is 7.97. The number of benzene rings is 1. The number of amides is 2. The average molecular weight is 391 g/mol. The molecule has 28 heavy (non-hydrogen) atoms. The van der Waals surface area contributed by atoms with Crippen LogP contribution in [-0.4, -0.2) is 77.9 Å². The van der Waals surface area contributed by atoms with Crippen molar-refractivity contribution >= 4 is 12.0 Å². The lowest BCUT2D eigenvalue weighted by molar-refractivity contribution is -0.131. The maximum atomic E-state index is 12.6. The van der Waals surface area contributed by atoms with Crippen LogP contribution in [0.4, 0.5) is 4.79 Å². The summed E-state index contributed by atoms with van der Waals surface area (Å²) in [6.45, 7) is 6.09. The number of carbonyl (C=O) groups excluding carboxylic acids is 1. The van der Waals surface area contributed by atoms with Gasteiger partial charge >= 0.3 is 6.09 Å². The van der Waals surface area contributed by atoms with Gasteiger partial charge in [0.2, 0.25) is 5.91 Å². The number of hydrogen-bond donors (Lipinski definition) is 2. The van der Waals surface area contributed by atoms with Crippen molar-refractivity contribution in [2.75, 3.05) is 33.3 Å². The third-order valence-electron chi connectivity index (χ3n) is 5.55. The van der Waals surface area contributed by atoms with Crippen molar-refractivity contribution < 1.29 is 24.2 Å². The van der Waals surface area contributed by atoms with Crippen LogP contribution in [-0.2, 0) is 4.79 Å². The van der Waals surface area contributed by atoms with Gasteiger partial charge < -0.3 is 19.9 Å². The fourth-order valence-corrected chi connectivity index (χ4v) is 3.53. The predicted octanol–water partition coefficient (Wildman–Crippen LogP) is 1.80. The summed E-state index contributed by atoms with van der Waals surface area (Å²) >= 11 is 0. The number of fused-ring (bicyclic) bond motifs is 1. The summed E-state index contributed by atoms with van der Waals surface area (Å²) < 4.78 is 11.8. The molecule has 1 aromatic carbocycles. The third kappa shape index (κ3) is 4.49. The second kappa shape index (κ2) is 8.26.